The van der Waals surface area contributed by atoms with Crippen molar-refractivity contribution >= 4 is 11.4 Å². The van der Waals surface area contributed by atoms with E-state index >= 15 is 0 Å². The SMILES string of the molecule is CCCCCCCCC(CCCCCC)OS(=O)O. The van der Waals surface area contributed by atoms with E-state index in [9.17, 15) is 4.21 Å². The van der Waals surface area contributed by atoms with Gasteiger partial charge in [-0.1, -0.05) is 78.1 Å². The molecular weight excluding hydrogens is 260 g/mol. The van der Waals surface area contributed by atoms with Crippen molar-refractivity contribution in [3.05, 3.63) is 0 Å². The lowest BCUT2D eigenvalue weighted by Crippen LogP contribution is -2.14. The molecule has 0 saturated heterocycles. The van der Waals surface area contributed by atoms with Gasteiger partial charge in [-0.25, -0.2) is 0 Å². The van der Waals surface area contributed by atoms with Crippen molar-refractivity contribution in [2.75, 3.05) is 0 Å². The van der Waals surface area contributed by atoms with Gasteiger partial charge in [-0.2, -0.15) is 4.21 Å². The maximum atomic E-state index is 10.8. The van der Waals surface area contributed by atoms with Gasteiger partial charge in [-0.05, 0) is 12.8 Å². The first-order chi connectivity index (χ1) is 9.20. The molecule has 4 heteroatoms. The predicted molar refractivity (Wildman–Crippen MR) is 82.4 cm³/mol. The zero-order chi connectivity index (χ0) is 14.3. The Morgan fingerprint density at radius 1 is 0.842 bits per heavy atom. The summed E-state index contributed by atoms with van der Waals surface area (Å²) in [6, 6.07) is 0. The van der Waals surface area contributed by atoms with Crippen molar-refractivity contribution in [3.63, 3.8) is 0 Å². The Morgan fingerprint density at radius 2 is 1.26 bits per heavy atom. The number of hydrogen-bond acceptors (Lipinski definition) is 2. The second kappa shape index (κ2) is 14.5. The quantitative estimate of drug-likeness (QED) is 0.352. The van der Waals surface area contributed by atoms with Crippen molar-refractivity contribution in [1.82, 2.24) is 0 Å². The molecule has 0 aromatic carbocycles. The predicted octanol–water partition coefficient (Wildman–Crippen LogP) is 5.23. The Morgan fingerprint density at radius 3 is 1.74 bits per heavy atom. The second-order valence-corrected chi connectivity index (χ2v) is 5.97. The fourth-order valence-electron chi connectivity index (χ4n) is 2.31. The van der Waals surface area contributed by atoms with Crippen molar-refractivity contribution < 1.29 is 12.9 Å². The summed E-state index contributed by atoms with van der Waals surface area (Å²) in [5.74, 6) is 0. The summed E-state index contributed by atoms with van der Waals surface area (Å²) in [6.07, 6.45) is 14.1. The molecule has 0 aromatic rings. The van der Waals surface area contributed by atoms with E-state index in [1.165, 1.54) is 51.4 Å². The Hall–Kier alpha value is 0.0700. The molecule has 0 aliphatic heterocycles. The lowest BCUT2D eigenvalue weighted by atomic mass is 10.0. The highest BCUT2D eigenvalue weighted by Crippen LogP contribution is 2.16. The van der Waals surface area contributed by atoms with Crippen LogP contribution in [-0.2, 0) is 15.5 Å². The zero-order valence-corrected chi connectivity index (χ0v) is 13.6. The summed E-state index contributed by atoms with van der Waals surface area (Å²) in [4.78, 5) is 0. The molecule has 3 nitrogen and oxygen atoms in total. The highest BCUT2D eigenvalue weighted by atomic mass is 32.2. The van der Waals surface area contributed by atoms with Crippen LogP contribution in [0.3, 0.4) is 0 Å². The topological polar surface area (TPSA) is 46.5 Å². The molecule has 0 fully saturated rings. The van der Waals surface area contributed by atoms with Crippen LogP contribution < -0.4 is 0 Å². The largest absolute Gasteiger partial charge is 0.302 e. The fourth-order valence-corrected chi connectivity index (χ4v) is 2.73. The van der Waals surface area contributed by atoms with Crippen LogP contribution in [0.15, 0.2) is 0 Å². The Balaban J connectivity index is 3.64. The van der Waals surface area contributed by atoms with E-state index in [2.05, 4.69) is 13.8 Å². The highest BCUT2D eigenvalue weighted by Gasteiger charge is 2.11. The van der Waals surface area contributed by atoms with Gasteiger partial charge in [0.05, 0.1) is 6.10 Å². The lowest BCUT2D eigenvalue weighted by molar-refractivity contribution is 0.176. The molecule has 0 aliphatic rings. The summed E-state index contributed by atoms with van der Waals surface area (Å²) in [7, 11) is 0. The summed E-state index contributed by atoms with van der Waals surface area (Å²) in [6.45, 7) is 4.41. The van der Waals surface area contributed by atoms with Gasteiger partial charge in [-0.15, -0.1) is 0 Å². The maximum absolute atomic E-state index is 10.8. The number of hydrogen-bond donors (Lipinski definition) is 1. The molecule has 0 aromatic heterocycles. The number of unbranched alkanes of at least 4 members (excludes halogenated alkanes) is 8. The number of rotatable bonds is 14. The third-order valence-electron chi connectivity index (χ3n) is 3.48. The average molecular weight is 292 g/mol. The van der Waals surface area contributed by atoms with Crippen molar-refractivity contribution in [1.29, 1.82) is 0 Å². The molecule has 0 aliphatic carbocycles. The van der Waals surface area contributed by atoms with E-state index in [4.69, 9.17) is 8.74 Å². The van der Waals surface area contributed by atoms with Crippen molar-refractivity contribution in [2.24, 2.45) is 0 Å². The molecule has 116 valence electrons. The monoisotopic (exact) mass is 292 g/mol. The van der Waals surface area contributed by atoms with E-state index in [-0.39, 0.29) is 6.10 Å². The van der Waals surface area contributed by atoms with Gasteiger partial charge in [-0.3, -0.25) is 8.74 Å². The summed E-state index contributed by atoms with van der Waals surface area (Å²) < 4.78 is 24.7. The van der Waals surface area contributed by atoms with E-state index < -0.39 is 11.4 Å². The van der Waals surface area contributed by atoms with E-state index in [0.717, 1.165) is 25.7 Å². The van der Waals surface area contributed by atoms with Gasteiger partial charge in [0, 0.05) is 0 Å². The summed E-state index contributed by atoms with van der Waals surface area (Å²) in [5.41, 5.74) is 0. The van der Waals surface area contributed by atoms with Crippen molar-refractivity contribution in [2.45, 2.75) is 97.0 Å². The van der Waals surface area contributed by atoms with Crippen molar-refractivity contribution in [3.8, 4) is 0 Å². The van der Waals surface area contributed by atoms with Crippen LogP contribution in [0.1, 0.15) is 90.9 Å². The van der Waals surface area contributed by atoms with E-state index in [1.54, 1.807) is 0 Å². The third kappa shape index (κ3) is 14.3. The average Bonchev–Trinajstić information content (AvgIpc) is 2.37. The van der Waals surface area contributed by atoms with Gasteiger partial charge < -0.3 is 0 Å². The minimum atomic E-state index is -2.11. The van der Waals surface area contributed by atoms with Crippen LogP contribution in [0.4, 0.5) is 0 Å². The lowest BCUT2D eigenvalue weighted by Gasteiger charge is -2.14. The molecule has 2 unspecified atom stereocenters. The molecule has 0 heterocycles. The summed E-state index contributed by atoms with van der Waals surface area (Å²) >= 11 is -2.11. The van der Waals surface area contributed by atoms with E-state index in [0.29, 0.717) is 0 Å². The minimum absolute atomic E-state index is 0.0335. The van der Waals surface area contributed by atoms with Crippen LogP contribution in [0.2, 0.25) is 0 Å². The first-order valence-electron chi connectivity index (χ1n) is 7.98. The molecule has 19 heavy (non-hydrogen) atoms. The molecule has 0 radical (unpaired) electrons. The minimum Gasteiger partial charge on any atom is -0.284 e. The first-order valence-corrected chi connectivity index (χ1v) is 9.01. The van der Waals surface area contributed by atoms with Gasteiger partial charge >= 0.3 is 11.4 Å². The zero-order valence-electron chi connectivity index (χ0n) is 12.7. The standard InChI is InChI=1S/C15H32O3S/c1-3-5-7-9-10-12-14-15(18-19(16)17)13-11-8-6-4-2/h15H,3-14H2,1-2H3,(H,16,17). The third-order valence-corrected chi connectivity index (χ3v) is 3.91. The molecule has 2 atom stereocenters. The Bertz CT molecular complexity index is 210. The fraction of sp³-hybridized carbons (Fsp3) is 1.00. The van der Waals surface area contributed by atoms with Crippen LogP contribution in [0.5, 0.6) is 0 Å². The Labute approximate surface area is 122 Å². The molecule has 0 amide bonds. The van der Waals surface area contributed by atoms with Gasteiger partial charge in [0.15, 0.2) is 0 Å². The molecule has 0 spiro atoms. The van der Waals surface area contributed by atoms with Gasteiger partial charge in [0.25, 0.3) is 0 Å². The molecule has 1 N–H and O–H groups in total. The van der Waals surface area contributed by atoms with Gasteiger partial charge in [0.1, 0.15) is 0 Å². The summed E-state index contributed by atoms with van der Waals surface area (Å²) in [5, 5.41) is 0. The van der Waals surface area contributed by atoms with Crippen LogP contribution >= 0.6 is 0 Å². The maximum Gasteiger partial charge on any atom is 0.302 e. The Kier molecular flexibility index (Phi) is 14.5. The van der Waals surface area contributed by atoms with Crippen LogP contribution in [0, 0.1) is 0 Å². The highest BCUT2D eigenvalue weighted by molar-refractivity contribution is 7.74. The van der Waals surface area contributed by atoms with Crippen LogP contribution in [0.25, 0.3) is 0 Å². The second-order valence-electron chi connectivity index (χ2n) is 5.34. The first kappa shape index (κ1) is 19.1. The smallest absolute Gasteiger partial charge is 0.284 e. The normalized spacial score (nSPS) is 14.5. The molecular formula is C15H32O3S. The van der Waals surface area contributed by atoms with E-state index in [1.807, 2.05) is 0 Å². The van der Waals surface area contributed by atoms with Gasteiger partial charge in [0.2, 0.25) is 0 Å². The molecule has 0 rings (SSSR count). The molecule has 0 saturated carbocycles. The van der Waals surface area contributed by atoms with Crippen LogP contribution in [-0.4, -0.2) is 14.9 Å². The molecule has 0 bridgehead atoms.